The monoisotopic (exact) mass is 247 g/mol. The van der Waals surface area contributed by atoms with E-state index in [4.69, 9.17) is 9.84 Å². The van der Waals surface area contributed by atoms with E-state index < -0.39 is 5.97 Å². The molecule has 1 heterocycles. The molecular formula is C14H17NO3. The fourth-order valence-corrected chi connectivity index (χ4v) is 2.91. The first-order valence-corrected chi connectivity index (χ1v) is 6.37. The largest absolute Gasteiger partial charge is 0.480 e. The number of anilines is 1. The van der Waals surface area contributed by atoms with Crippen LogP contribution >= 0.6 is 0 Å². The summed E-state index contributed by atoms with van der Waals surface area (Å²) < 4.78 is 5.33. The molecule has 1 aromatic carbocycles. The second kappa shape index (κ2) is 4.19. The third-order valence-electron chi connectivity index (χ3n) is 4.02. The summed E-state index contributed by atoms with van der Waals surface area (Å²) in [5, 5.41) is 8.67. The molecule has 3 rings (SSSR count). The van der Waals surface area contributed by atoms with Crippen molar-refractivity contribution < 1.29 is 14.6 Å². The molecule has 18 heavy (non-hydrogen) atoms. The summed E-state index contributed by atoms with van der Waals surface area (Å²) in [5.41, 5.74) is 1.58. The minimum Gasteiger partial charge on any atom is -0.480 e. The number of nitrogens with zero attached hydrogens (tertiary/aromatic N) is 1. The SMILES string of the molecule is O=C(O)COc1ccccc1N1CC2(CCC2)C1. The van der Waals surface area contributed by atoms with Gasteiger partial charge in [-0.3, -0.25) is 0 Å². The lowest BCUT2D eigenvalue weighted by atomic mass is 9.63. The van der Waals surface area contributed by atoms with Crippen molar-refractivity contribution >= 4 is 11.7 Å². The van der Waals surface area contributed by atoms with Crippen LogP contribution in [0.1, 0.15) is 19.3 Å². The number of aliphatic carboxylic acids is 1. The van der Waals surface area contributed by atoms with Crippen molar-refractivity contribution in [3.8, 4) is 5.75 Å². The third kappa shape index (κ3) is 1.92. The molecule has 0 aromatic heterocycles. The molecule has 1 saturated carbocycles. The molecule has 4 nitrogen and oxygen atoms in total. The van der Waals surface area contributed by atoms with E-state index in [0.717, 1.165) is 18.8 Å². The summed E-state index contributed by atoms with van der Waals surface area (Å²) in [4.78, 5) is 12.8. The summed E-state index contributed by atoms with van der Waals surface area (Å²) in [7, 11) is 0. The highest BCUT2D eigenvalue weighted by Crippen LogP contribution is 2.50. The van der Waals surface area contributed by atoms with Crippen molar-refractivity contribution in [3.05, 3.63) is 24.3 Å². The summed E-state index contributed by atoms with van der Waals surface area (Å²) in [5.74, 6) is -0.266. The Kier molecular flexibility index (Phi) is 2.65. The van der Waals surface area contributed by atoms with Crippen molar-refractivity contribution in [1.29, 1.82) is 0 Å². The maximum Gasteiger partial charge on any atom is 0.341 e. The van der Waals surface area contributed by atoms with Crippen LogP contribution in [-0.2, 0) is 4.79 Å². The fourth-order valence-electron chi connectivity index (χ4n) is 2.91. The average molecular weight is 247 g/mol. The highest BCUT2D eigenvalue weighted by Gasteiger charge is 2.47. The predicted octanol–water partition coefficient (Wildman–Crippen LogP) is 2.14. The van der Waals surface area contributed by atoms with Gasteiger partial charge in [0.05, 0.1) is 5.69 Å². The zero-order valence-corrected chi connectivity index (χ0v) is 10.3. The van der Waals surface area contributed by atoms with Gasteiger partial charge in [-0.1, -0.05) is 18.6 Å². The van der Waals surface area contributed by atoms with Crippen LogP contribution in [0, 0.1) is 5.41 Å². The van der Waals surface area contributed by atoms with Gasteiger partial charge in [-0.25, -0.2) is 4.79 Å². The standard InChI is InChI=1S/C14H17NO3/c16-13(17)8-18-12-5-2-1-4-11(12)15-9-14(10-15)6-3-7-14/h1-2,4-5H,3,6-10H2,(H,16,17). The number of hydrogen-bond donors (Lipinski definition) is 1. The van der Waals surface area contributed by atoms with Gasteiger partial charge in [-0.15, -0.1) is 0 Å². The molecule has 1 N–H and O–H groups in total. The molecule has 1 aliphatic carbocycles. The van der Waals surface area contributed by atoms with Crippen LogP contribution < -0.4 is 9.64 Å². The van der Waals surface area contributed by atoms with Crippen LogP contribution in [0.5, 0.6) is 5.75 Å². The van der Waals surface area contributed by atoms with Gasteiger partial charge >= 0.3 is 5.97 Å². The molecule has 1 saturated heterocycles. The van der Waals surface area contributed by atoms with Gasteiger partial charge in [-0.2, -0.15) is 0 Å². The number of carboxylic acid groups (broad SMARTS) is 1. The molecule has 96 valence electrons. The molecule has 2 fully saturated rings. The van der Waals surface area contributed by atoms with Crippen molar-refractivity contribution in [2.24, 2.45) is 5.41 Å². The van der Waals surface area contributed by atoms with Crippen molar-refractivity contribution in [3.63, 3.8) is 0 Å². The van der Waals surface area contributed by atoms with E-state index in [0.29, 0.717) is 11.2 Å². The highest BCUT2D eigenvalue weighted by molar-refractivity contribution is 5.69. The Labute approximate surface area is 106 Å². The van der Waals surface area contributed by atoms with E-state index in [1.54, 1.807) is 0 Å². The normalized spacial score (nSPS) is 20.1. The first kappa shape index (κ1) is 11.4. The number of hydrogen-bond acceptors (Lipinski definition) is 3. The average Bonchev–Trinajstić information content (AvgIpc) is 2.24. The quantitative estimate of drug-likeness (QED) is 0.885. The molecular weight excluding hydrogens is 230 g/mol. The number of ether oxygens (including phenoxy) is 1. The van der Waals surface area contributed by atoms with Gasteiger partial charge in [0.2, 0.25) is 0 Å². The van der Waals surface area contributed by atoms with Crippen molar-refractivity contribution in [1.82, 2.24) is 0 Å². The Hall–Kier alpha value is -1.71. The van der Waals surface area contributed by atoms with Crippen LogP contribution in [0.25, 0.3) is 0 Å². The molecule has 1 spiro atoms. The fraction of sp³-hybridized carbons (Fsp3) is 0.500. The molecule has 1 aromatic rings. The Morgan fingerprint density at radius 3 is 2.67 bits per heavy atom. The zero-order valence-electron chi connectivity index (χ0n) is 10.3. The highest BCUT2D eigenvalue weighted by atomic mass is 16.5. The maximum absolute atomic E-state index is 10.6. The Bertz CT molecular complexity index is 460. The van der Waals surface area contributed by atoms with E-state index in [-0.39, 0.29) is 6.61 Å². The first-order chi connectivity index (χ1) is 8.69. The van der Waals surface area contributed by atoms with E-state index in [1.165, 1.54) is 19.3 Å². The second-order valence-electron chi connectivity index (χ2n) is 5.36. The maximum atomic E-state index is 10.6. The predicted molar refractivity (Wildman–Crippen MR) is 68.1 cm³/mol. The van der Waals surface area contributed by atoms with E-state index in [1.807, 2.05) is 24.3 Å². The summed E-state index contributed by atoms with van der Waals surface area (Å²) >= 11 is 0. The minimum atomic E-state index is -0.941. The lowest BCUT2D eigenvalue weighted by Gasteiger charge is -2.57. The number of benzene rings is 1. The van der Waals surface area contributed by atoms with Crippen LogP contribution in [0.15, 0.2) is 24.3 Å². The van der Waals surface area contributed by atoms with Gasteiger partial charge in [-0.05, 0) is 25.0 Å². The third-order valence-corrected chi connectivity index (χ3v) is 4.02. The minimum absolute atomic E-state index is 0.282. The number of rotatable bonds is 4. The molecule has 1 aliphatic heterocycles. The van der Waals surface area contributed by atoms with Gasteiger partial charge in [0, 0.05) is 18.5 Å². The van der Waals surface area contributed by atoms with Gasteiger partial charge in [0.25, 0.3) is 0 Å². The Morgan fingerprint density at radius 1 is 1.33 bits per heavy atom. The molecule has 0 atom stereocenters. The Balaban J connectivity index is 1.69. The van der Waals surface area contributed by atoms with Crippen molar-refractivity contribution in [2.45, 2.75) is 19.3 Å². The van der Waals surface area contributed by atoms with Gasteiger partial charge in [0.1, 0.15) is 5.75 Å². The lowest BCUT2D eigenvalue weighted by molar-refractivity contribution is -0.139. The van der Waals surface area contributed by atoms with Gasteiger partial charge < -0.3 is 14.7 Å². The number of carbonyl (C=O) groups is 1. The zero-order chi connectivity index (χ0) is 12.6. The summed E-state index contributed by atoms with van der Waals surface area (Å²) in [6, 6.07) is 7.68. The lowest BCUT2D eigenvalue weighted by Crippen LogP contribution is -2.59. The molecule has 0 amide bonds. The summed E-state index contributed by atoms with van der Waals surface area (Å²) in [6.07, 6.45) is 4.02. The van der Waals surface area contributed by atoms with E-state index >= 15 is 0 Å². The van der Waals surface area contributed by atoms with Crippen LogP contribution in [-0.4, -0.2) is 30.8 Å². The first-order valence-electron chi connectivity index (χ1n) is 6.37. The topological polar surface area (TPSA) is 49.8 Å². The number of para-hydroxylation sites is 2. The molecule has 0 bridgehead atoms. The van der Waals surface area contributed by atoms with Crippen LogP contribution in [0.4, 0.5) is 5.69 Å². The van der Waals surface area contributed by atoms with E-state index in [9.17, 15) is 4.79 Å². The Morgan fingerprint density at radius 2 is 2.06 bits per heavy atom. The molecule has 0 radical (unpaired) electrons. The number of carboxylic acids is 1. The molecule has 2 aliphatic rings. The molecule has 0 unspecified atom stereocenters. The second-order valence-corrected chi connectivity index (χ2v) is 5.36. The van der Waals surface area contributed by atoms with Crippen LogP contribution in [0.2, 0.25) is 0 Å². The van der Waals surface area contributed by atoms with Crippen LogP contribution in [0.3, 0.4) is 0 Å². The smallest absolute Gasteiger partial charge is 0.341 e. The molecule has 4 heteroatoms. The summed E-state index contributed by atoms with van der Waals surface area (Å²) in [6.45, 7) is 1.89. The van der Waals surface area contributed by atoms with Crippen molar-refractivity contribution in [2.75, 3.05) is 24.6 Å². The van der Waals surface area contributed by atoms with Gasteiger partial charge in [0.15, 0.2) is 6.61 Å². The van der Waals surface area contributed by atoms with E-state index in [2.05, 4.69) is 4.90 Å².